The van der Waals surface area contributed by atoms with Gasteiger partial charge >= 0.3 is 0 Å². The van der Waals surface area contributed by atoms with Crippen molar-refractivity contribution in [2.45, 2.75) is 38.0 Å². The van der Waals surface area contributed by atoms with Crippen LogP contribution in [0.3, 0.4) is 0 Å². The number of pyridine rings is 1. The van der Waals surface area contributed by atoms with E-state index in [9.17, 15) is 4.55 Å². The fraction of sp³-hybridized carbons (Fsp3) is 0.583. The van der Waals surface area contributed by atoms with E-state index in [0.717, 1.165) is 24.3 Å². The number of hydrogen-bond acceptors (Lipinski definition) is 4. The Morgan fingerprint density at radius 3 is 2.76 bits per heavy atom. The van der Waals surface area contributed by atoms with Crippen LogP contribution in [0.5, 0.6) is 0 Å². The topological polar surface area (TPSA) is 57.2 Å². The highest BCUT2D eigenvalue weighted by Gasteiger charge is 2.29. The highest BCUT2D eigenvalue weighted by atomic mass is 32.2. The van der Waals surface area contributed by atoms with Crippen molar-refractivity contribution in [2.24, 2.45) is 0 Å². The lowest BCUT2D eigenvalue weighted by atomic mass is 10.0. The fourth-order valence-corrected chi connectivity index (χ4v) is 2.18. The van der Waals surface area contributed by atoms with E-state index in [2.05, 4.69) is 9.71 Å². The minimum absolute atomic E-state index is 0.100. The summed E-state index contributed by atoms with van der Waals surface area (Å²) in [5, 5.41) is 0. The number of aromatic nitrogens is 1. The largest absolute Gasteiger partial charge is 0.593 e. The van der Waals surface area contributed by atoms with Gasteiger partial charge in [-0.05, 0) is 26.8 Å². The monoisotopic (exact) mass is 254 g/mol. The standard InChI is InChI=1S/C12H18N2O2S/c1-12(2,3)17(15)14-10-4-6-13-8-9(10)11-5-7-16-11/h4,6,8,11H,5,7H2,1-3H3,(H,13,14). The Hall–Kier alpha value is -0.780. The average molecular weight is 254 g/mol. The van der Waals surface area contributed by atoms with Gasteiger partial charge in [-0.15, -0.1) is 0 Å². The number of nitrogens with zero attached hydrogens (tertiary/aromatic N) is 1. The first-order chi connectivity index (χ1) is 7.98. The van der Waals surface area contributed by atoms with Gasteiger partial charge in [-0.25, -0.2) is 4.72 Å². The van der Waals surface area contributed by atoms with E-state index < -0.39 is 11.4 Å². The molecule has 0 aliphatic carbocycles. The van der Waals surface area contributed by atoms with Gasteiger partial charge in [0.25, 0.3) is 0 Å². The van der Waals surface area contributed by atoms with Crippen molar-refractivity contribution < 1.29 is 9.29 Å². The van der Waals surface area contributed by atoms with Crippen LogP contribution in [0.2, 0.25) is 0 Å². The first-order valence-corrected chi connectivity index (χ1v) is 6.87. The molecule has 0 saturated carbocycles. The lowest BCUT2D eigenvalue weighted by Crippen LogP contribution is -2.34. The number of anilines is 1. The zero-order valence-corrected chi connectivity index (χ0v) is 11.2. The van der Waals surface area contributed by atoms with Crippen molar-refractivity contribution >= 4 is 17.0 Å². The van der Waals surface area contributed by atoms with Crippen LogP contribution in [-0.2, 0) is 16.1 Å². The van der Waals surface area contributed by atoms with E-state index in [4.69, 9.17) is 4.74 Å². The predicted octanol–water partition coefficient (Wildman–Crippen LogP) is 2.42. The van der Waals surface area contributed by atoms with Crippen LogP contribution in [0, 0.1) is 0 Å². The molecule has 1 aromatic rings. The summed E-state index contributed by atoms with van der Waals surface area (Å²) in [5.41, 5.74) is 1.86. The SMILES string of the molecule is CC(C)(C)[S+]([O-])Nc1ccncc1C1CCO1. The molecule has 1 aromatic heterocycles. The molecule has 4 nitrogen and oxygen atoms in total. The summed E-state index contributed by atoms with van der Waals surface area (Å²) in [4.78, 5) is 4.10. The minimum Gasteiger partial charge on any atom is -0.593 e. The zero-order valence-electron chi connectivity index (χ0n) is 10.4. The van der Waals surface area contributed by atoms with Crippen molar-refractivity contribution in [3.8, 4) is 0 Å². The van der Waals surface area contributed by atoms with Gasteiger partial charge in [0, 0.05) is 24.4 Å². The van der Waals surface area contributed by atoms with Gasteiger partial charge < -0.3 is 9.29 Å². The molecule has 0 spiro atoms. The van der Waals surface area contributed by atoms with Crippen molar-refractivity contribution in [2.75, 3.05) is 11.3 Å². The molecule has 2 unspecified atom stereocenters. The molecule has 1 saturated heterocycles. The summed E-state index contributed by atoms with van der Waals surface area (Å²) in [6.45, 7) is 6.62. The molecule has 0 bridgehead atoms. The maximum atomic E-state index is 12.1. The summed E-state index contributed by atoms with van der Waals surface area (Å²) < 4.78 is 20.3. The smallest absolute Gasteiger partial charge is 0.142 e. The maximum Gasteiger partial charge on any atom is 0.142 e. The summed E-state index contributed by atoms with van der Waals surface area (Å²) in [6, 6.07) is 1.85. The van der Waals surface area contributed by atoms with Gasteiger partial charge in [-0.2, -0.15) is 0 Å². The van der Waals surface area contributed by atoms with Crippen LogP contribution in [0.15, 0.2) is 18.5 Å². The van der Waals surface area contributed by atoms with E-state index >= 15 is 0 Å². The predicted molar refractivity (Wildman–Crippen MR) is 69.1 cm³/mol. The molecule has 5 heteroatoms. The van der Waals surface area contributed by atoms with E-state index in [-0.39, 0.29) is 10.9 Å². The number of rotatable bonds is 3. The Kier molecular flexibility index (Phi) is 3.61. The molecule has 2 heterocycles. The van der Waals surface area contributed by atoms with E-state index in [0.29, 0.717) is 0 Å². The van der Waals surface area contributed by atoms with Crippen LogP contribution in [-0.4, -0.2) is 20.9 Å². The third-order valence-electron chi connectivity index (χ3n) is 2.66. The second-order valence-electron chi connectivity index (χ2n) is 5.09. The molecule has 94 valence electrons. The fourth-order valence-electron chi connectivity index (χ4n) is 1.49. The van der Waals surface area contributed by atoms with Gasteiger partial charge in [0.15, 0.2) is 0 Å². The van der Waals surface area contributed by atoms with Crippen molar-refractivity contribution in [3.05, 3.63) is 24.0 Å². The number of ether oxygens (including phenoxy) is 1. The molecule has 0 radical (unpaired) electrons. The Morgan fingerprint density at radius 2 is 2.24 bits per heavy atom. The first-order valence-electron chi connectivity index (χ1n) is 5.72. The zero-order chi connectivity index (χ0) is 12.5. The maximum absolute atomic E-state index is 12.1. The Labute approximate surface area is 105 Å². The minimum atomic E-state index is -1.13. The van der Waals surface area contributed by atoms with Crippen LogP contribution >= 0.6 is 0 Å². The van der Waals surface area contributed by atoms with Gasteiger partial charge in [0.2, 0.25) is 0 Å². The van der Waals surface area contributed by atoms with Crippen molar-refractivity contribution in [1.29, 1.82) is 0 Å². The van der Waals surface area contributed by atoms with Crippen LogP contribution in [0.1, 0.15) is 38.9 Å². The summed E-state index contributed by atoms with van der Waals surface area (Å²) >= 11 is -1.13. The molecule has 17 heavy (non-hydrogen) atoms. The number of hydrogen-bond donors (Lipinski definition) is 1. The van der Waals surface area contributed by atoms with Gasteiger partial charge in [0.05, 0.1) is 29.8 Å². The molecule has 2 atom stereocenters. The van der Waals surface area contributed by atoms with Gasteiger partial charge in [0.1, 0.15) is 4.75 Å². The third-order valence-corrected chi connectivity index (χ3v) is 4.17. The highest BCUT2D eigenvalue weighted by molar-refractivity contribution is 7.94. The average Bonchev–Trinajstić information content (AvgIpc) is 2.16. The third kappa shape index (κ3) is 2.91. The molecule has 1 aliphatic rings. The van der Waals surface area contributed by atoms with E-state index in [1.54, 1.807) is 12.4 Å². The van der Waals surface area contributed by atoms with Gasteiger partial charge in [-0.1, -0.05) is 0 Å². The van der Waals surface area contributed by atoms with Crippen LogP contribution < -0.4 is 4.72 Å². The molecular weight excluding hydrogens is 236 g/mol. The second kappa shape index (κ2) is 4.84. The van der Waals surface area contributed by atoms with Crippen LogP contribution in [0.4, 0.5) is 5.69 Å². The normalized spacial score (nSPS) is 21.8. The second-order valence-corrected chi connectivity index (χ2v) is 7.06. The molecule has 1 N–H and O–H groups in total. The van der Waals surface area contributed by atoms with Gasteiger partial charge in [-0.3, -0.25) is 4.98 Å². The molecule has 1 aliphatic heterocycles. The first kappa shape index (κ1) is 12.7. The lowest BCUT2D eigenvalue weighted by molar-refractivity contribution is -0.0524. The Morgan fingerprint density at radius 1 is 1.53 bits per heavy atom. The van der Waals surface area contributed by atoms with E-state index in [1.807, 2.05) is 26.8 Å². The molecule has 2 rings (SSSR count). The lowest BCUT2D eigenvalue weighted by Gasteiger charge is -2.30. The summed E-state index contributed by atoms with van der Waals surface area (Å²) in [7, 11) is 0. The Bertz CT molecular complexity index is 388. The molecular formula is C12H18N2O2S. The highest BCUT2D eigenvalue weighted by Crippen LogP contribution is 2.34. The van der Waals surface area contributed by atoms with Crippen molar-refractivity contribution in [1.82, 2.24) is 4.98 Å². The Balaban J connectivity index is 2.15. The molecule has 1 fully saturated rings. The quantitative estimate of drug-likeness (QED) is 0.842. The molecule has 0 amide bonds. The van der Waals surface area contributed by atoms with Crippen LogP contribution in [0.25, 0.3) is 0 Å². The van der Waals surface area contributed by atoms with Crippen molar-refractivity contribution in [3.63, 3.8) is 0 Å². The number of nitrogens with one attached hydrogen (secondary N) is 1. The summed E-state index contributed by atoms with van der Waals surface area (Å²) in [5.74, 6) is 0. The molecule has 0 aromatic carbocycles. The van der Waals surface area contributed by atoms with E-state index in [1.165, 1.54) is 0 Å². The summed E-state index contributed by atoms with van der Waals surface area (Å²) in [6.07, 6.45) is 4.59.